The average Bonchev–Trinajstić information content (AvgIpc) is 3.01. The Balaban J connectivity index is 1.78. The van der Waals surface area contributed by atoms with Gasteiger partial charge in [0.1, 0.15) is 11.6 Å². The molecule has 0 amide bonds. The second-order valence-electron chi connectivity index (χ2n) is 4.73. The number of halogens is 1. The Kier molecular flexibility index (Phi) is 3.11. The maximum absolute atomic E-state index is 13.5. The normalized spacial score (nSPS) is 19.0. The molecule has 0 radical (unpaired) electrons. The van der Waals surface area contributed by atoms with Gasteiger partial charge in [-0.25, -0.2) is 4.39 Å². The minimum atomic E-state index is -0.286. The lowest BCUT2D eigenvalue weighted by Gasteiger charge is -1.99. The SMILES string of the molecule is O=C1CCCC1c1nc(Cc2ccccc2F)no1. The molecule has 1 fully saturated rings. The smallest absolute Gasteiger partial charge is 0.237 e. The van der Waals surface area contributed by atoms with Crippen molar-refractivity contribution in [1.82, 2.24) is 10.1 Å². The van der Waals surface area contributed by atoms with Crippen LogP contribution in [0.4, 0.5) is 4.39 Å². The molecule has 0 bridgehead atoms. The maximum Gasteiger partial charge on any atom is 0.237 e. The minimum absolute atomic E-state index is 0.154. The molecule has 0 spiro atoms. The van der Waals surface area contributed by atoms with Crippen molar-refractivity contribution < 1.29 is 13.7 Å². The molecule has 0 saturated heterocycles. The highest BCUT2D eigenvalue weighted by molar-refractivity contribution is 5.86. The fourth-order valence-electron chi connectivity index (χ4n) is 2.37. The number of carbonyl (C=O) groups is 1. The summed E-state index contributed by atoms with van der Waals surface area (Å²) < 4.78 is 18.6. The van der Waals surface area contributed by atoms with Crippen LogP contribution in [0, 0.1) is 5.82 Å². The number of carbonyl (C=O) groups excluding carboxylic acids is 1. The van der Waals surface area contributed by atoms with Crippen LogP contribution in [-0.4, -0.2) is 15.9 Å². The summed E-state index contributed by atoms with van der Waals surface area (Å²) in [6.07, 6.45) is 2.49. The monoisotopic (exact) mass is 260 g/mol. The first-order valence-corrected chi connectivity index (χ1v) is 6.32. The van der Waals surface area contributed by atoms with Crippen LogP contribution in [0.2, 0.25) is 0 Å². The summed E-state index contributed by atoms with van der Waals surface area (Å²) in [6.45, 7) is 0. The van der Waals surface area contributed by atoms with Gasteiger partial charge in [-0.1, -0.05) is 23.4 Å². The topological polar surface area (TPSA) is 56.0 Å². The number of rotatable bonds is 3. The largest absolute Gasteiger partial charge is 0.339 e. The van der Waals surface area contributed by atoms with Crippen LogP contribution < -0.4 is 0 Å². The van der Waals surface area contributed by atoms with Gasteiger partial charge in [-0.15, -0.1) is 0 Å². The fourth-order valence-corrected chi connectivity index (χ4v) is 2.37. The molecule has 1 atom stereocenters. The number of benzene rings is 1. The molecule has 1 unspecified atom stereocenters. The van der Waals surface area contributed by atoms with Crippen molar-refractivity contribution in [2.75, 3.05) is 0 Å². The maximum atomic E-state index is 13.5. The third kappa shape index (κ3) is 2.41. The first kappa shape index (κ1) is 12.0. The first-order valence-electron chi connectivity index (χ1n) is 6.32. The summed E-state index contributed by atoms with van der Waals surface area (Å²) in [7, 11) is 0. The number of hydrogen-bond acceptors (Lipinski definition) is 4. The van der Waals surface area contributed by atoms with Crippen molar-refractivity contribution in [3.63, 3.8) is 0 Å². The Bertz CT molecular complexity index is 609. The van der Waals surface area contributed by atoms with Gasteiger partial charge < -0.3 is 4.52 Å². The second kappa shape index (κ2) is 4.91. The molecule has 2 aromatic rings. The van der Waals surface area contributed by atoms with Crippen LogP contribution >= 0.6 is 0 Å². The number of aromatic nitrogens is 2. The van der Waals surface area contributed by atoms with Gasteiger partial charge in [-0.3, -0.25) is 4.79 Å². The first-order chi connectivity index (χ1) is 9.24. The average molecular weight is 260 g/mol. The van der Waals surface area contributed by atoms with Crippen LogP contribution in [0.5, 0.6) is 0 Å². The molecule has 1 aromatic carbocycles. The quantitative estimate of drug-likeness (QED) is 0.851. The van der Waals surface area contributed by atoms with Crippen molar-refractivity contribution in [1.29, 1.82) is 0 Å². The molecule has 98 valence electrons. The molecular formula is C14H13FN2O2. The Morgan fingerprint density at radius 2 is 2.21 bits per heavy atom. The fraction of sp³-hybridized carbons (Fsp3) is 0.357. The van der Waals surface area contributed by atoms with E-state index in [0.717, 1.165) is 12.8 Å². The third-order valence-electron chi connectivity index (χ3n) is 3.39. The summed E-state index contributed by atoms with van der Waals surface area (Å²) in [5.41, 5.74) is 0.521. The molecule has 1 saturated carbocycles. The van der Waals surface area contributed by atoms with Crippen LogP contribution in [0.25, 0.3) is 0 Å². The molecule has 1 heterocycles. The van der Waals surface area contributed by atoms with Crippen LogP contribution in [0.3, 0.4) is 0 Å². The Morgan fingerprint density at radius 3 is 2.95 bits per heavy atom. The number of ketones is 1. The Labute approximate surface area is 109 Å². The van der Waals surface area contributed by atoms with Crippen molar-refractivity contribution in [3.05, 3.63) is 47.4 Å². The van der Waals surface area contributed by atoms with Crippen LogP contribution in [0.15, 0.2) is 28.8 Å². The van der Waals surface area contributed by atoms with Gasteiger partial charge >= 0.3 is 0 Å². The predicted molar refractivity (Wildman–Crippen MR) is 65.1 cm³/mol. The third-order valence-corrected chi connectivity index (χ3v) is 3.39. The molecule has 1 aliphatic carbocycles. The van der Waals surface area contributed by atoms with Gasteiger partial charge in [0.2, 0.25) is 5.89 Å². The number of nitrogens with zero attached hydrogens (tertiary/aromatic N) is 2. The Hall–Kier alpha value is -2.04. The summed E-state index contributed by atoms with van der Waals surface area (Å²) in [4.78, 5) is 15.8. The van der Waals surface area contributed by atoms with Gasteiger partial charge in [0.25, 0.3) is 0 Å². The summed E-state index contributed by atoms with van der Waals surface area (Å²) in [6, 6.07) is 6.49. The molecule has 4 nitrogen and oxygen atoms in total. The van der Waals surface area contributed by atoms with E-state index in [9.17, 15) is 9.18 Å². The lowest BCUT2D eigenvalue weighted by Crippen LogP contribution is -2.04. The zero-order valence-electron chi connectivity index (χ0n) is 10.3. The van der Waals surface area contributed by atoms with E-state index in [0.29, 0.717) is 23.7 Å². The van der Waals surface area contributed by atoms with E-state index in [2.05, 4.69) is 10.1 Å². The van der Waals surface area contributed by atoms with E-state index in [1.54, 1.807) is 18.2 Å². The highest BCUT2D eigenvalue weighted by atomic mass is 19.1. The van der Waals surface area contributed by atoms with Crippen molar-refractivity contribution in [2.45, 2.75) is 31.6 Å². The van der Waals surface area contributed by atoms with Gasteiger partial charge in [-0.2, -0.15) is 4.98 Å². The zero-order chi connectivity index (χ0) is 13.2. The molecule has 0 aliphatic heterocycles. The summed E-state index contributed by atoms with van der Waals surface area (Å²) in [5.74, 6) is 0.391. The number of Topliss-reactive ketones (excluding diaryl/α,β-unsaturated/α-hetero) is 1. The second-order valence-corrected chi connectivity index (χ2v) is 4.73. The lowest BCUT2D eigenvalue weighted by atomic mass is 10.1. The molecule has 1 aliphatic rings. The molecule has 0 N–H and O–H groups in total. The molecule has 5 heteroatoms. The highest BCUT2D eigenvalue weighted by Gasteiger charge is 2.30. The van der Waals surface area contributed by atoms with E-state index in [1.165, 1.54) is 6.07 Å². The van der Waals surface area contributed by atoms with E-state index >= 15 is 0 Å². The van der Waals surface area contributed by atoms with Gasteiger partial charge in [-0.05, 0) is 24.5 Å². The molecule has 19 heavy (non-hydrogen) atoms. The lowest BCUT2D eigenvalue weighted by molar-refractivity contribution is -0.119. The van der Waals surface area contributed by atoms with Crippen LogP contribution in [0.1, 0.15) is 42.5 Å². The minimum Gasteiger partial charge on any atom is -0.339 e. The zero-order valence-corrected chi connectivity index (χ0v) is 10.3. The standard InChI is InChI=1S/C14H13FN2O2/c15-11-6-2-1-4-9(11)8-13-16-14(19-17-13)10-5-3-7-12(10)18/h1-2,4,6,10H,3,5,7-8H2. The predicted octanol–water partition coefficient (Wildman–Crippen LogP) is 2.64. The van der Waals surface area contributed by atoms with Crippen molar-refractivity contribution in [3.8, 4) is 0 Å². The molecular weight excluding hydrogens is 247 g/mol. The summed E-state index contributed by atoms with van der Waals surface area (Å²) in [5, 5.41) is 3.83. The van der Waals surface area contributed by atoms with E-state index in [-0.39, 0.29) is 23.9 Å². The van der Waals surface area contributed by atoms with Gasteiger partial charge in [0.05, 0.1) is 5.92 Å². The van der Waals surface area contributed by atoms with Gasteiger partial charge in [0.15, 0.2) is 5.82 Å². The number of hydrogen-bond donors (Lipinski definition) is 0. The van der Waals surface area contributed by atoms with E-state index in [4.69, 9.17) is 4.52 Å². The van der Waals surface area contributed by atoms with Gasteiger partial charge in [0, 0.05) is 12.8 Å². The molecule has 1 aromatic heterocycles. The van der Waals surface area contributed by atoms with Crippen molar-refractivity contribution in [2.24, 2.45) is 0 Å². The Morgan fingerprint density at radius 1 is 1.37 bits per heavy atom. The van der Waals surface area contributed by atoms with E-state index in [1.807, 2.05) is 0 Å². The summed E-state index contributed by atoms with van der Waals surface area (Å²) >= 11 is 0. The van der Waals surface area contributed by atoms with Crippen molar-refractivity contribution >= 4 is 5.78 Å². The molecule has 3 rings (SSSR count). The van der Waals surface area contributed by atoms with E-state index < -0.39 is 0 Å². The van der Waals surface area contributed by atoms with Crippen LogP contribution in [-0.2, 0) is 11.2 Å². The highest BCUT2D eigenvalue weighted by Crippen LogP contribution is 2.30.